The number of nitrogens with two attached hydrogens (primary N) is 1. The van der Waals surface area contributed by atoms with Crippen molar-refractivity contribution in [3.8, 4) is 11.7 Å². The van der Waals surface area contributed by atoms with E-state index in [-0.39, 0.29) is 34.8 Å². The summed E-state index contributed by atoms with van der Waals surface area (Å²) in [5, 5.41) is 2.81. The molecule has 1 fully saturated rings. The number of halogens is 5. The maximum absolute atomic E-state index is 14.3. The van der Waals surface area contributed by atoms with Crippen molar-refractivity contribution >= 4 is 28.6 Å². The fourth-order valence-electron chi connectivity index (χ4n) is 3.35. The van der Waals surface area contributed by atoms with E-state index in [1.54, 1.807) is 0 Å². The molecule has 1 aliphatic rings. The predicted molar refractivity (Wildman–Crippen MR) is 107 cm³/mol. The van der Waals surface area contributed by atoms with Crippen molar-refractivity contribution in [3.63, 3.8) is 0 Å². The van der Waals surface area contributed by atoms with E-state index in [0.29, 0.717) is 11.5 Å². The predicted octanol–water partition coefficient (Wildman–Crippen LogP) is 4.59. The zero-order valence-electron chi connectivity index (χ0n) is 16.6. The van der Waals surface area contributed by atoms with Crippen LogP contribution in [0.25, 0.3) is 17.0 Å². The minimum absolute atomic E-state index is 0.00331. The van der Waals surface area contributed by atoms with Crippen LogP contribution < -0.4 is 15.8 Å². The molecule has 2 aromatic carbocycles. The zero-order chi connectivity index (χ0) is 23.3. The maximum atomic E-state index is 14.3. The molecular formula is C20H14F5N7O. The van der Waals surface area contributed by atoms with Gasteiger partial charge in [-0.25, -0.2) is 13.8 Å². The maximum Gasteiger partial charge on any atom is 0.573 e. The standard InChI is InChI=1S/C20H14F5N7O/c21-10-7-13(22)15-14(8-10)32(16(28-15)9-1-2-9)19-30-17(26)29-18(31-19)27-11-3-5-12(6-4-11)33-20(23,24)25/h3-9H,1-2H2,(H3,26,27,29,30,31). The number of nitrogens with one attached hydrogen (secondary N) is 1. The number of nitrogens with zero attached hydrogens (tertiary/aromatic N) is 5. The third-order valence-electron chi connectivity index (χ3n) is 4.83. The minimum Gasteiger partial charge on any atom is -0.406 e. The van der Waals surface area contributed by atoms with Gasteiger partial charge in [0.05, 0.1) is 5.52 Å². The van der Waals surface area contributed by atoms with Crippen molar-refractivity contribution in [1.82, 2.24) is 24.5 Å². The summed E-state index contributed by atoms with van der Waals surface area (Å²) in [6.45, 7) is 0. The molecule has 170 valence electrons. The molecular weight excluding hydrogens is 449 g/mol. The van der Waals surface area contributed by atoms with Gasteiger partial charge < -0.3 is 15.8 Å². The van der Waals surface area contributed by atoms with Crippen LogP contribution in [0.15, 0.2) is 36.4 Å². The number of fused-ring (bicyclic) bond motifs is 1. The summed E-state index contributed by atoms with van der Waals surface area (Å²) in [6.07, 6.45) is -3.16. The van der Waals surface area contributed by atoms with E-state index in [0.717, 1.165) is 37.1 Å². The molecule has 13 heteroatoms. The lowest BCUT2D eigenvalue weighted by molar-refractivity contribution is -0.274. The fourth-order valence-corrected chi connectivity index (χ4v) is 3.35. The Labute approximate surface area is 182 Å². The number of imidazole rings is 1. The summed E-state index contributed by atoms with van der Waals surface area (Å²) < 4.78 is 70.6. The van der Waals surface area contributed by atoms with Gasteiger partial charge in [-0.1, -0.05) is 0 Å². The number of nitrogen functional groups attached to an aromatic ring is 1. The summed E-state index contributed by atoms with van der Waals surface area (Å²) in [5.74, 6) is -1.70. The molecule has 4 aromatic rings. The SMILES string of the molecule is Nc1nc(Nc2ccc(OC(F)(F)F)cc2)nc(-n2c(C3CC3)nc3c(F)cc(F)cc32)n1. The van der Waals surface area contributed by atoms with E-state index in [1.807, 2.05) is 0 Å². The Balaban J connectivity index is 1.52. The number of anilines is 3. The van der Waals surface area contributed by atoms with E-state index in [9.17, 15) is 22.0 Å². The van der Waals surface area contributed by atoms with Crippen LogP contribution in [0.1, 0.15) is 24.6 Å². The quantitative estimate of drug-likeness (QED) is 0.417. The highest BCUT2D eigenvalue weighted by molar-refractivity contribution is 5.79. The van der Waals surface area contributed by atoms with Crippen LogP contribution in [0.5, 0.6) is 5.75 Å². The first-order valence-corrected chi connectivity index (χ1v) is 9.68. The lowest BCUT2D eigenvalue weighted by Crippen LogP contribution is -2.17. The number of hydrogen-bond acceptors (Lipinski definition) is 7. The second kappa shape index (κ2) is 7.53. The largest absolute Gasteiger partial charge is 0.573 e. The summed E-state index contributed by atoms with van der Waals surface area (Å²) in [5.41, 5.74) is 6.29. The topological polar surface area (TPSA) is 104 Å². The van der Waals surface area contributed by atoms with Gasteiger partial charge in [-0.15, -0.1) is 13.2 Å². The van der Waals surface area contributed by atoms with Crippen LogP contribution in [0.4, 0.5) is 39.5 Å². The van der Waals surface area contributed by atoms with E-state index in [4.69, 9.17) is 5.73 Å². The molecule has 0 bridgehead atoms. The average molecular weight is 463 g/mol. The van der Waals surface area contributed by atoms with Crippen molar-refractivity contribution in [2.75, 3.05) is 11.1 Å². The zero-order valence-corrected chi connectivity index (χ0v) is 16.6. The second-order valence-corrected chi connectivity index (χ2v) is 7.35. The molecule has 0 saturated heterocycles. The average Bonchev–Trinajstić information content (AvgIpc) is 3.48. The van der Waals surface area contributed by atoms with Crippen molar-refractivity contribution in [1.29, 1.82) is 0 Å². The van der Waals surface area contributed by atoms with Crippen molar-refractivity contribution < 1.29 is 26.7 Å². The first-order valence-electron chi connectivity index (χ1n) is 9.68. The molecule has 0 radical (unpaired) electrons. The fraction of sp³-hybridized carbons (Fsp3) is 0.200. The summed E-state index contributed by atoms with van der Waals surface area (Å²) >= 11 is 0. The Morgan fingerprint density at radius 1 is 1.00 bits per heavy atom. The first-order chi connectivity index (χ1) is 15.7. The summed E-state index contributed by atoms with van der Waals surface area (Å²) in [6, 6.07) is 6.76. The Morgan fingerprint density at radius 3 is 2.39 bits per heavy atom. The van der Waals surface area contributed by atoms with Crippen LogP contribution in [-0.2, 0) is 0 Å². The van der Waals surface area contributed by atoms with Gasteiger partial charge in [0.1, 0.15) is 22.9 Å². The molecule has 0 amide bonds. The van der Waals surface area contributed by atoms with Gasteiger partial charge in [0.2, 0.25) is 17.8 Å². The Bertz CT molecular complexity index is 1350. The van der Waals surface area contributed by atoms with Gasteiger partial charge in [0.15, 0.2) is 5.82 Å². The number of alkyl halides is 3. The van der Waals surface area contributed by atoms with Gasteiger partial charge in [0, 0.05) is 23.7 Å². The Hall–Kier alpha value is -4.03. The van der Waals surface area contributed by atoms with Crippen LogP contribution in [0.2, 0.25) is 0 Å². The summed E-state index contributed by atoms with van der Waals surface area (Å²) in [7, 11) is 0. The molecule has 0 spiro atoms. The van der Waals surface area contributed by atoms with Crippen LogP contribution in [0, 0.1) is 11.6 Å². The van der Waals surface area contributed by atoms with Crippen LogP contribution in [-0.4, -0.2) is 30.9 Å². The number of ether oxygens (including phenoxy) is 1. The highest BCUT2D eigenvalue weighted by atomic mass is 19.4. The third kappa shape index (κ3) is 4.33. The molecule has 2 heterocycles. The normalized spacial score (nSPS) is 14.0. The highest BCUT2D eigenvalue weighted by Crippen LogP contribution is 2.42. The minimum atomic E-state index is -4.81. The molecule has 33 heavy (non-hydrogen) atoms. The van der Waals surface area contributed by atoms with Crippen molar-refractivity contribution in [3.05, 3.63) is 53.9 Å². The van der Waals surface area contributed by atoms with E-state index >= 15 is 0 Å². The van der Waals surface area contributed by atoms with E-state index in [2.05, 4.69) is 30.0 Å². The molecule has 1 aliphatic carbocycles. The smallest absolute Gasteiger partial charge is 0.406 e. The van der Waals surface area contributed by atoms with Crippen molar-refractivity contribution in [2.45, 2.75) is 25.1 Å². The Kier molecular flexibility index (Phi) is 4.76. The van der Waals surface area contributed by atoms with Gasteiger partial charge in [-0.05, 0) is 37.1 Å². The first kappa shape index (κ1) is 20.8. The number of benzene rings is 2. The highest BCUT2D eigenvalue weighted by Gasteiger charge is 2.32. The molecule has 0 unspecified atom stereocenters. The van der Waals surface area contributed by atoms with Gasteiger partial charge >= 0.3 is 6.36 Å². The van der Waals surface area contributed by atoms with E-state index in [1.165, 1.54) is 16.7 Å². The third-order valence-corrected chi connectivity index (χ3v) is 4.83. The molecule has 5 rings (SSSR count). The van der Waals surface area contributed by atoms with Crippen LogP contribution >= 0.6 is 0 Å². The molecule has 3 N–H and O–H groups in total. The molecule has 8 nitrogen and oxygen atoms in total. The second-order valence-electron chi connectivity index (χ2n) is 7.35. The monoisotopic (exact) mass is 463 g/mol. The van der Waals surface area contributed by atoms with Gasteiger partial charge in [0.25, 0.3) is 0 Å². The van der Waals surface area contributed by atoms with Gasteiger partial charge in [-0.3, -0.25) is 4.57 Å². The van der Waals surface area contributed by atoms with E-state index < -0.39 is 23.7 Å². The number of hydrogen-bond donors (Lipinski definition) is 2. The van der Waals surface area contributed by atoms with Crippen LogP contribution in [0.3, 0.4) is 0 Å². The lowest BCUT2D eigenvalue weighted by atomic mass is 10.3. The molecule has 0 atom stereocenters. The number of rotatable bonds is 5. The number of aromatic nitrogens is 5. The van der Waals surface area contributed by atoms with Gasteiger partial charge in [-0.2, -0.15) is 15.0 Å². The summed E-state index contributed by atoms with van der Waals surface area (Å²) in [4.78, 5) is 16.7. The lowest BCUT2D eigenvalue weighted by Gasteiger charge is -2.11. The van der Waals surface area contributed by atoms with Crippen molar-refractivity contribution in [2.24, 2.45) is 0 Å². The Morgan fingerprint density at radius 2 is 1.73 bits per heavy atom. The molecule has 2 aromatic heterocycles. The molecule has 1 saturated carbocycles. The molecule has 0 aliphatic heterocycles.